The Morgan fingerprint density at radius 3 is 2.32 bits per heavy atom. The van der Waals surface area contributed by atoms with Crippen LogP contribution in [0.4, 0.5) is 4.79 Å². The fourth-order valence-corrected chi connectivity index (χ4v) is 2.20. The number of urea groups is 1. The summed E-state index contributed by atoms with van der Waals surface area (Å²) in [5, 5.41) is 8.69. The van der Waals surface area contributed by atoms with Crippen LogP contribution in [-0.4, -0.2) is 78.6 Å². The van der Waals surface area contributed by atoms with Crippen LogP contribution in [0.1, 0.15) is 19.8 Å². The molecule has 2 amide bonds. The molecule has 19 heavy (non-hydrogen) atoms. The number of aliphatic carboxylic acids is 1. The summed E-state index contributed by atoms with van der Waals surface area (Å²) in [5.74, 6) is -0.658. The second-order valence-electron chi connectivity index (χ2n) is 5.44. The van der Waals surface area contributed by atoms with Crippen LogP contribution in [0.15, 0.2) is 0 Å². The molecule has 1 N–H and O–H groups in total. The normalized spacial score (nSPS) is 15.5. The number of hydrogen-bond acceptors (Lipinski definition) is 3. The van der Waals surface area contributed by atoms with Crippen molar-refractivity contribution in [2.45, 2.75) is 19.8 Å². The van der Waals surface area contributed by atoms with E-state index in [2.05, 4.69) is 11.8 Å². The molecule has 1 rings (SSSR count). The number of carbonyl (C=O) groups excluding carboxylic acids is 1. The molecule has 0 radical (unpaired) electrons. The van der Waals surface area contributed by atoms with Crippen molar-refractivity contribution in [3.8, 4) is 0 Å². The van der Waals surface area contributed by atoms with E-state index in [1.54, 1.807) is 4.90 Å². The minimum atomic E-state index is -0.782. The third-order valence-electron chi connectivity index (χ3n) is 3.27. The highest BCUT2D eigenvalue weighted by Gasteiger charge is 2.34. The number of nitrogens with zero attached hydrogens (tertiary/aromatic N) is 3. The standard InChI is InChI=1S/C13H25N3O3/c1-4-5-15(7-6-14(2)3)13(19)16-9-11(10-16)8-12(17)18/h11H,4-10H2,1-3H3,(H,17,18). The lowest BCUT2D eigenvalue weighted by Gasteiger charge is -2.41. The molecule has 0 aromatic heterocycles. The summed E-state index contributed by atoms with van der Waals surface area (Å²) in [6.07, 6.45) is 1.10. The van der Waals surface area contributed by atoms with E-state index < -0.39 is 5.97 Å². The highest BCUT2D eigenvalue weighted by molar-refractivity contribution is 5.76. The van der Waals surface area contributed by atoms with Crippen molar-refractivity contribution in [3.63, 3.8) is 0 Å². The number of likely N-dealkylation sites (N-methyl/N-ethyl adjacent to an activating group) is 1. The van der Waals surface area contributed by atoms with Gasteiger partial charge >= 0.3 is 12.0 Å². The van der Waals surface area contributed by atoms with Crippen molar-refractivity contribution in [1.82, 2.24) is 14.7 Å². The number of likely N-dealkylation sites (tertiary alicyclic amines) is 1. The molecule has 0 unspecified atom stereocenters. The first-order valence-electron chi connectivity index (χ1n) is 6.84. The van der Waals surface area contributed by atoms with E-state index in [1.165, 1.54) is 0 Å². The molecule has 1 aliphatic rings. The van der Waals surface area contributed by atoms with Gasteiger partial charge < -0.3 is 19.8 Å². The van der Waals surface area contributed by atoms with Crippen molar-refractivity contribution in [1.29, 1.82) is 0 Å². The van der Waals surface area contributed by atoms with E-state index in [0.29, 0.717) is 13.1 Å². The van der Waals surface area contributed by atoms with Gasteiger partial charge in [-0.15, -0.1) is 0 Å². The molecule has 6 heteroatoms. The first kappa shape index (κ1) is 15.8. The van der Waals surface area contributed by atoms with Gasteiger partial charge in [-0.25, -0.2) is 4.79 Å². The summed E-state index contributed by atoms with van der Waals surface area (Å²) >= 11 is 0. The molecule has 110 valence electrons. The van der Waals surface area contributed by atoms with Crippen LogP contribution in [0.5, 0.6) is 0 Å². The van der Waals surface area contributed by atoms with E-state index in [9.17, 15) is 9.59 Å². The minimum absolute atomic E-state index is 0.0466. The Hall–Kier alpha value is -1.30. The van der Waals surface area contributed by atoms with Crippen molar-refractivity contribution in [3.05, 3.63) is 0 Å². The molecule has 0 saturated carbocycles. The maximum atomic E-state index is 12.2. The molecule has 0 aromatic rings. The van der Waals surface area contributed by atoms with Crippen LogP contribution in [-0.2, 0) is 4.79 Å². The monoisotopic (exact) mass is 271 g/mol. The number of hydrogen-bond donors (Lipinski definition) is 1. The third-order valence-corrected chi connectivity index (χ3v) is 3.27. The minimum Gasteiger partial charge on any atom is -0.481 e. The second-order valence-corrected chi connectivity index (χ2v) is 5.44. The Bertz CT molecular complexity index is 314. The van der Waals surface area contributed by atoms with E-state index in [0.717, 1.165) is 26.1 Å². The topological polar surface area (TPSA) is 64.1 Å². The zero-order chi connectivity index (χ0) is 14.4. The quantitative estimate of drug-likeness (QED) is 0.743. The Morgan fingerprint density at radius 2 is 1.84 bits per heavy atom. The zero-order valence-electron chi connectivity index (χ0n) is 12.1. The average Bonchev–Trinajstić information content (AvgIpc) is 2.27. The molecule has 0 bridgehead atoms. The summed E-state index contributed by atoms with van der Waals surface area (Å²) in [6.45, 7) is 5.53. The maximum Gasteiger partial charge on any atom is 0.320 e. The van der Waals surface area contributed by atoms with Gasteiger partial charge in [0.05, 0.1) is 6.42 Å². The number of carboxylic acids is 1. The van der Waals surface area contributed by atoms with Crippen molar-refractivity contribution in [2.75, 3.05) is 46.8 Å². The van der Waals surface area contributed by atoms with E-state index in [4.69, 9.17) is 5.11 Å². The Morgan fingerprint density at radius 1 is 1.21 bits per heavy atom. The summed E-state index contributed by atoms with van der Waals surface area (Å²) in [5.41, 5.74) is 0. The van der Waals surface area contributed by atoms with Crippen molar-refractivity contribution >= 4 is 12.0 Å². The van der Waals surface area contributed by atoms with E-state index in [1.807, 2.05) is 19.0 Å². The van der Waals surface area contributed by atoms with Gasteiger partial charge in [-0.05, 0) is 20.5 Å². The van der Waals surface area contributed by atoms with Crippen LogP contribution in [0.2, 0.25) is 0 Å². The van der Waals surface area contributed by atoms with Crippen LogP contribution in [0.3, 0.4) is 0 Å². The van der Waals surface area contributed by atoms with Gasteiger partial charge in [-0.3, -0.25) is 4.79 Å². The Balaban J connectivity index is 2.38. The van der Waals surface area contributed by atoms with Gasteiger partial charge in [0.2, 0.25) is 0 Å². The van der Waals surface area contributed by atoms with E-state index >= 15 is 0 Å². The average molecular weight is 271 g/mol. The molecule has 1 aliphatic heterocycles. The fraction of sp³-hybridized carbons (Fsp3) is 0.846. The summed E-state index contributed by atoms with van der Waals surface area (Å²) in [6, 6.07) is 0.0466. The van der Waals surface area contributed by atoms with Crippen LogP contribution < -0.4 is 0 Å². The van der Waals surface area contributed by atoms with Gasteiger partial charge in [0.25, 0.3) is 0 Å². The second kappa shape index (κ2) is 7.33. The van der Waals surface area contributed by atoms with Crippen LogP contribution in [0.25, 0.3) is 0 Å². The van der Waals surface area contributed by atoms with Crippen LogP contribution >= 0.6 is 0 Å². The highest BCUT2D eigenvalue weighted by atomic mass is 16.4. The largest absolute Gasteiger partial charge is 0.481 e. The lowest BCUT2D eigenvalue weighted by molar-refractivity contribution is -0.139. The lowest BCUT2D eigenvalue weighted by atomic mass is 9.97. The Labute approximate surface area is 115 Å². The van der Waals surface area contributed by atoms with Gasteiger partial charge in [0.15, 0.2) is 0 Å². The lowest BCUT2D eigenvalue weighted by Crippen LogP contribution is -2.56. The fourth-order valence-electron chi connectivity index (χ4n) is 2.20. The summed E-state index contributed by atoms with van der Waals surface area (Å²) in [4.78, 5) is 28.5. The highest BCUT2D eigenvalue weighted by Crippen LogP contribution is 2.20. The third kappa shape index (κ3) is 5.06. The maximum absolute atomic E-state index is 12.2. The Kier molecular flexibility index (Phi) is 6.08. The first-order chi connectivity index (χ1) is 8.93. The number of carbonyl (C=O) groups is 2. The first-order valence-corrected chi connectivity index (χ1v) is 6.84. The molecule has 0 atom stereocenters. The van der Waals surface area contributed by atoms with Crippen molar-refractivity contribution < 1.29 is 14.7 Å². The molecular formula is C13H25N3O3. The SMILES string of the molecule is CCCN(CCN(C)C)C(=O)N1CC(CC(=O)O)C1. The number of carboxylic acid groups (broad SMARTS) is 1. The predicted molar refractivity (Wildman–Crippen MR) is 73.1 cm³/mol. The molecule has 6 nitrogen and oxygen atoms in total. The van der Waals surface area contributed by atoms with E-state index in [-0.39, 0.29) is 18.4 Å². The molecule has 1 fully saturated rings. The van der Waals surface area contributed by atoms with Crippen LogP contribution in [0, 0.1) is 5.92 Å². The predicted octanol–water partition coefficient (Wildman–Crippen LogP) is 0.787. The molecule has 1 saturated heterocycles. The zero-order valence-corrected chi connectivity index (χ0v) is 12.1. The van der Waals surface area contributed by atoms with Gasteiger partial charge in [-0.1, -0.05) is 6.92 Å². The number of rotatable bonds is 7. The summed E-state index contributed by atoms with van der Waals surface area (Å²) in [7, 11) is 3.97. The van der Waals surface area contributed by atoms with Gasteiger partial charge in [0, 0.05) is 38.6 Å². The molecule has 0 aliphatic carbocycles. The van der Waals surface area contributed by atoms with Gasteiger partial charge in [0.1, 0.15) is 0 Å². The van der Waals surface area contributed by atoms with Crippen molar-refractivity contribution in [2.24, 2.45) is 5.92 Å². The number of amides is 2. The molecule has 0 aromatic carbocycles. The molecule has 0 spiro atoms. The molecular weight excluding hydrogens is 246 g/mol. The smallest absolute Gasteiger partial charge is 0.320 e. The summed E-state index contributed by atoms with van der Waals surface area (Å²) < 4.78 is 0. The molecule has 1 heterocycles. The van der Waals surface area contributed by atoms with Gasteiger partial charge in [-0.2, -0.15) is 0 Å².